The number of ether oxygens (including phenoxy) is 1. The average molecular weight is 350 g/mol. The molecule has 9 heteroatoms. The lowest BCUT2D eigenvalue weighted by Gasteiger charge is -2.14. The van der Waals surface area contributed by atoms with E-state index in [0.29, 0.717) is 12.2 Å². The fourth-order valence-electron chi connectivity index (χ4n) is 2.45. The van der Waals surface area contributed by atoms with Crippen LogP contribution in [0.4, 0.5) is 5.69 Å². The van der Waals surface area contributed by atoms with Crippen LogP contribution in [0.25, 0.3) is 0 Å². The lowest BCUT2D eigenvalue weighted by molar-refractivity contribution is -0.119. The first-order valence-electron chi connectivity index (χ1n) is 6.58. The molecule has 1 amide bonds. The van der Waals surface area contributed by atoms with Crippen molar-refractivity contribution in [2.45, 2.75) is 30.2 Å². The summed E-state index contributed by atoms with van der Waals surface area (Å²) < 4.78 is 27.9. The van der Waals surface area contributed by atoms with Crippen molar-refractivity contribution in [2.24, 2.45) is 16.8 Å². The first-order valence-corrected chi connectivity index (χ1v) is 8.13. The Labute approximate surface area is 135 Å². The predicted octanol–water partition coefficient (Wildman–Crippen LogP) is 0.830. The van der Waals surface area contributed by atoms with E-state index in [1.54, 1.807) is 0 Å². The largest absolute Gasteiger partial charge is 0.495 e. The summed E-state index contributed by atoms with van der Waals surface area (Å²) in [7, 11) is -2.40. The van der Waals surface area contributed by atoms with Gasteiger partial charge >= 0.3 is 0 Å². The number of nitrogens with two attached hydrogens (primary N) is 2. The maximum absolute atomic E-state index is 12.2. The van der Waals surface area contributed by atoms with E-state index in [-0.39, 0.29) is 40.9 Å². The molecule has 1 saturated carbocycles. The van der Waals surface area contributed by atoms with E-state index in [1.807, 2.05) is 0 Å². The minimum atomic E-state index is -3.84. The number of anilines is 1. The highest BCUT2D eigenvalue weighted by Crippen LogP contribution is 2.30. The number of benzene rings is 1. The molecule has 0 bridgehead atoms. The van der Waals surface area contributed by atoms with Gasteiger partial charge in [0, 0.05) is 12.0 Å². The van der Waals surface area contributed by atoms with Gasteiger partial charge in [0.1, 0.15) is 5.75 Å². The Morgan fingerprint density at radius 3 is 2.55 bits per heavy atom. The molecule has 7 nitrogen and oxygen atoms in total. The third kappa shape index (κ3) is 4.33. The van der Waals surface area contributed by atoms with Crippen molar-refractivity contribution in [3.05, 3.63) is 18.2 Å². The lowest BCUT2D eigenvalue weighted by Crippen LogP contribution is -2.23. The zero-order valence-corrected chi connectivity index (χ0v) is 13.7. The van der Waals surface area contributed by atoms with Gasteiger partial charge in [-0.2, -0.15) is 0 Å². The van der Waals surface area contributed by atoms with Gasteiger partial charge in [-0.25, -0.2) is 13.6 Å². The Morgan fingerprint density at radius 1 is 1.36 bits per heavy atom. The number of methoxy groups -OCH3 is 1. The fourth-order valence-corrected chi connectivity index (χ4v) is 2.99. The van der Waals surface area contributed by atoms with E-state index >= 15 is 0 Å². The molecule has 2 rings (SSSR count). The number of nitrogens with one attached hydrogen (secondary N) is 1. The standard InChI is InChI=1S/C13H19N3O4S.ClH/c1-20-12-5-4-10(21(15,18)19)7-11(12)16-13(17)8-2-3-9(14)6-8;/h4-5,7-9H,2-3,6,14H2,1H3,(H,16,17)(H2,15,18,19);1H. The summed E-state index contributed by atoms with van der Waals surface area (Å²) in [6, 6.07) is 4.12. The van der Waals surface area contributed by atoms with Crippen LogP contribution in [0, 0.1) is 5.92 Å². The summed E-state index contributed by atoms with van der Waals surface area (Å²) in [5.74, 6) is 0.0220. The fraction of sp³-hybridized carbons (Fsp3) is 0.462. The summed E-state index contributed by atoms with van der Waals surface area (Å²) in [5.41, 5.74) is 6.08. The lowest BCUT2D eigenvalue weighted by atomic mass is 10.1. The van der Waals surface area contributed by atoms with Gasteiger partial charge in [0.2, 0.25) is 15.9 Å². The maximum Gasteiger partial charge on any atom is 0.238 e. The van der Waals surface area contributed by atoms with Crippen LogP contribution >= 0.6 is 12.4 Å². The van der Waals surface area contributed by atoms with Gasteiger partial charge < -0.3 is 15.8 Å². The second-order valence-electron chi connectivity index (χ2n) is 5.17. The Kier molecular flexibility index (Phi) is 6.18. The van der Waals surface area contributed by atoms with Crippen molar-refractivity contribution in [2.75, 3.05) is 12.4 Å². The molecule has 0 aliphatic heterocycles. The Hall–Kier alpha value is -1.35. The van der Waals surface area contributed by atoms with Crippen LogP contribution in [-0.2, 0) is 14.8 Å². The molecule has 2 atom stereocenters. The minimum Gasteiger partial charge on any atom is -0.495 e. The molecule has 0 saturated heterocycles. The first kappa shape index (κ1) is 18.7. The summed E-state index contributed by atoms with van der Waals surface area (Å²) in [5, 5.41) is 7.79. The second kappa shape index (κ2) is 7.28. The number of amides is 1. The smallest absolute Gasteiger partial charge is 0.238 e. The van der Waals surface area contributed by atoms with Crippen LogP contribution in [-0.4, -0.2) is 27.5 Å². The summed E-state index contributed by atoms with van der Waals surface area (Å²) >= 11 is 0. The number of rotatable bonds is 4. The van der Waals surface area contributed by atoms with Gasteiger partial charge in [0.15, 0.2) is 0 Å². The Balaban J connectivity index is 0.00000242. The molecule has 22 heavy (non-hydrogen) atoms. The number of carbonyl (C=O) groups is 1. The third-order valence-electron chi connectivity index (χ3n) is 3.60. The molecule has 0 heterocycles. The molecule has 1 aliphatic carbocycles. The maximum atomic E-state index is 12.2. The topological polar surface area (TPSA) is 125 Å². The molecule has 1 fully saturated rings. The summed E-state index contributed by atoms with van der Waals surface area (Å²) in [6.45, 7) is 0. The molecule has 1 aromatic carbocycles. The van der Waals surface area contributed by atoms with Gasteiger partial charge in [0.25, 0.3) is 0 Å². The van der Waals surface area contributed by atoms with E-state index in [1.165, 1.54) is 25.3 Å². The van der Waals surface area contributed by atoms with Crippen molar-refractivity contribution in [1.29, 1.82) is 0 Å². The predicted molar refractivity (Wildman–Crippen MR) is 85.6 cm³/mol. The molecule has 0 radical (unpaired) electrons. The van der Waals surface area contributed by atoms with Crippen LogP contribution in [0.15, 0.2) is 23.1 Å². The molecule has 1 aliphatic rings. The number of hydrogen-bond donors (Lipinski definition) is 3. The quantitative estimate of drug-likeness (QED) is 0.742. The van der Waals surface area contributed by atoms with Crippen molar-refractivity contribution in [3.8, 4) is 5.75 Å². The van der Waals surface area contributed by atoms with Crippen LogP contribution in [0.3, 0.4) is 0 Å². The average Bonchev–Trinajstić information content (AvgIpc) is 2.84. The van der Waals surface area contributed by atoms with Crippen molar-refractivity contribution in [3.63, 3.8) is 0 Å². The molecular formula is C13H20ClN3O4S. The molecule has 0 aromatic heterocycles. The highest BCUT2D eigenvalue weighted by atomic mass is 35.5. The molecule has 0 spiro atoms. The number of sulfonamides is 1. The van der Waals surface area contributed by atoms with E-state index in [0.717, 1.165) is 12.8 Å². The van der Waals surface area contributed by atoms with Crippen molar-refractivity contribution >= 4 is 34.0 Å². The van der Waals surface area contributed by atoms with Gasteiger partial charge in [-0.15, -0.1) is 12.4 Å². The van der Waals surface area contributed by atoms with Gasteiger partial charge in [-0.3, -0.25) is 4.79 Å². The second-order valence-corrected chi connectivity index (χ2v) is 6.73. The first-order chi connectivity index (χ1) is 9.81. The Bertz CT molecular complexity index is 651. The zero-order chi connectivity index (χ0) is 15.6. The van der Waals surface area contributed by atoms with Crippen LogP contribution in [0.5, 0.6) is 5.75 Å². The minimum absolute atomic E-state index is 0. The SMILES string of the molecule is COc1ccc(S(N)(=O)=O)cc1NC(=O)C1CCC(N)C1.Cl. The highest BCUT2D eigenvalue weighted by Gasteiger charge is 2.28. The van der Waals surface area contributed by atoms with Gasteiger partial charge in [-0.1, -0.05) is 0 Å². The Morgan fingerprint density at radius 2 is 2.05 bits per heavy atom. The highest BCUT2D eigenvalue weighted by molar-refractivity contribution is 7.89. The summed E-state index contributed by atoms with van der Waals surface area (Å²) in [4.78, 5) is 12.1. The molecule has 1 aromatic rings. The van der Waals surface area contributed by atoms with E-state index in [9.17, 15) is 13.2 Å². The normalized spacial score (nSPS) is 21.0. The number of primary sulfonamides is 1. The van der Waals surface area contributed by atoms with Gasteiger partial charge in [-0.05, 0) is 37.5 Å². The molecule has 124 valence electrons. The zero-order valence-electron chi connectivity index (χ0n) is 12.1. The van der Waals surface area contributed by atoms with Crippen LogP contribution < -0.4 is 20.9 Å². The van der Waals surface area contributed by atoms with E-state index in [2.05, 4.69) is 5.32 Å². The monoisotopic (exact) mass is 349 g/mol. The van der Waals surface area contributed by atoms with Crippen LogP contribution in [0.1, 0.15) is 19.3 Å². The van der Waals surface area contributed by atoms with E-state index in [4.69, 9.17) is 15.6 Å². The third-order valence-corrected chi connectivity index (χ3v) is 4.51. The molecule has 5 N–H and O–H groups in total. The number of halogens is 1. The molecular weight excluding hydrogens is 330 g/mol. The van der Waals surface area contributed by atoms with Crippen molar-refractivity contribution in [1.82, 2.24) is 0 Å². The van der Waals surface area contributed by atoms with Crippen molar-refractivity contribution < 1.29 is 17.9 Å². The molecule has 2 unspecified atom stereocenters. The van der Waals surface area contributed by atoms with E-state index < -0.39 is 10.0 Å². The summed E-state index contributed by atoms with van der Waals surface area (Å²) in [6.07, 6.45) is 2.17. The van der Waals surface area contributed by atoms with Gasteiger partial charge in [0.05, 0.1) is 17.7 Å². The number of hydrogen-bond acceptors (Lipinski definition) is 5. The number of carbonyl (C=O) groups excluding carboxylic acids is 1. The van der Waals surface area contributed by atoms with Crippen LogP contribution in [0.2, 0.25) is 0 Å².